The fraction of sp³-hybridized carbons (Fsp3) is 0. The van der Waals surface area contributed by atoms with Gasteiger partial charge in [-0.3, -0.25) is 14.8 Å². The van der Waals surface area contributed by atoms with Crippen LogP contribution in [0.1, 0.15) is 10.4 Å². The van der Waals surface area contributed by atoms with Crippen molar-refractivity contribution in [2.75, 3.05) is 5.32 Å². The summed E-state index contributed by atoms with van der Waals surface area (Å²) in [7, 11) is 0. The zero-order valence-corrected chi connectivity index (χ0v) is 9.71. The molecule has 0 saturated carbocycles. The summed E-state index contributed by atoms with van der Waals surface area (Å²) in [5.41, 5.74) is 1.72. The van der Waals surface area contributed by atoms with Gasteiger partial charge >= 0.3 is 5.76 Å². The van der Waals surface area contributed by atoms with Crippen LogP contribution in [0.3, 0.4) is 0 Å². The first-order valence-electron chi connectivity index (χ1n) is 5.57. The number of hydrogen-bond donors (Lipinski definition) is 2. The number of amides is 1. The molecule has 0 aliphatic heterocycles. The van der Waals surface area contributed by atoms with Gasteiger partial charge in [0, 0.05) is 12.4 Å². The highest BCUT2D eigenvalue weighted by molar-refractivity contribution is 6.07. The van der Waals surface area contributed by atoms with Gasteiger partial charge in [0.15, 0.2) is 5.58 Å². The minimum absolute atomic E-state index is 0.315. The highest BCUT2D eigenvalue weighted by atomic mass is 16.4. The highest BCUT2D eigenvalue weighted by Gasteiger charge is 2.11. The highest BCUT2D eigenvalue weighted by Crippen LogP contribution is 2.21. The fourth-order valence-corrected chi connectivity index (χ4v) is 1.76. The molecule has 6 nitrogen and oxygen atoms in total. The van der Waals surface area contributed by atoms with Crippen molar-refractivity contribution < 1.29 is 9.21 Å². The van der Waals surface area contributed by atoms with Crippen LogP contribution in [-0.2, 0) is 0 Å². The summed E-state index contributed by atoms with van der Waals surface area (Å²) in [5, 5.41) is 2.68. The van der Waals surface area contributed by atoms with Crippen molar-refractivity contribution in [3.63, 3.8) is 0 Å². The van der Waals surface area contributed by atoms with E-state index in [0.29, 0.717) is 22.4 Å². The third kappa shape index (κ3) is 2.11. The summed E-state index contributed by atoms with van der Waals surface area (Å²) in [6.07, 6.45) is 3.05. The molecule has 0 aliphatic rings. The van der Waals surface area contributed by atoms with E-state index in [4.69, 9.17) is 4.42 Å². The molecule has 6 heteroatoms. The summed E-state index contributed by atoms with van der Waals surface area (Å²) in [5.74, 6) is -0.873. The number of hydrogen-bond acceptors (Lipinski definition) is 4. The number of para-hydroxylation sites is 1. The number of carbonyl (C=O) groups excluding carboxylic acids is 1. The van der Waals surface area contributed by atoms with Crippen molar-refractivity contribution in [2.24, 2.45) is 0 Å². The van der Waals surface area contributed by atoms with Gasteiger partial charge in [0.2, 0.25) is 0 Å². The molecule has 94 valence electrons. The SMILES string of the molecule is O=C(Nc1cccc2[nH]c(=O)oc12)c1cccnc1. The standard InChI is InChI=1S/C13H9N3O3/c17-12(8-3-2-6-14-7-8)15-9-4-1-5-10-11(9)19-13(18)16-10/h1-7H,(H,15,17)(H,16,18). The van der Waals surface area contributed by atoms with Crippen LogP contribution in [0.15, 0.2) is 51.9 Å². The molecule has 0 saturated heterocycles. The zero-order chi connectivity index (χ0) is 13.2. The van der Waals surface area contributed by atoms with E-state index in [-0.39, 0.29) is 5.91 Å². The number of benzene rings is 1. The van der Waals surface area contributed by atoms with E-state index >= 15 is 0 Å². The molecule has 19 heavy (non-hydrogen) atoms. The average Bonchev–Trinajstić information content (AvgIpc) is 2.81. The van der Waals surface area contributed by atoms with Crippen molar-refractivity contribution in [1.29, 1.82) is 0 Å². The molecule has 3 aromatic rings. The second-order valence-corrected chi connectivity index (χ2v) is 3.89. The lowest BCUT2D eigenvalue weighted by molar-refractivity contribution is 0.102. The predicted molar refractivity (Wildman–Crippen MR) is 69.0 cm³/mol. The van der Waals surface area contributed by atoms with Gasteiger partial charge in [-0.1, -0.05) is 6.07 Å². The van der Waals surface area contributed by atoms with Gasteiger partial charge in [-0.15, -0.1) is 0 Å². The minimum Gasteiger partial charge on any atom is -0.406 e. The lowest BCUT2D eigenvalue weighted by atomic mass is 10.2. The second kappa shape index (κ2) is 4.41. The third-order valence-electron chi connectivity index (χ3n) is 2.62. The predicted octanol–water partition coefficient (Wildman–Crippen LogP) is 1.77. The minimum atomic E-state index is -0.557. The van der Waals surface area contributed by atoms with Crippen LogP contribution in [0.25, 0.3) is 11.1 Å². The Bertz CT molecular complexity index is 790. The van der Waals surface area contributed by atoms with E-state index in [2.05, 4.69) is 15.3 Å². The van der Waals surface area contributed by atoms with Crippen molar-refractivity contribution in [3.05, 3.63) is 58.8 Å². The lowest BCUT2D eigenvalue weighted by Crippen LogP contribution is -2.12. The summed E-state index contributed by atoms with van der Waals surface area (Å²) >= 11 is 0. The molecule has 0 spiro atoms. The summed E-state index contributed by atoms with van der Waals surface area (Å²) in [4.78, 5) is 29.5. The number of aromatic nitrogens is 2. The maximum atomic E-state index is 12.0. The van der Waals surface area contributed by atoms with Crippen LogP contribution < -0.4 is 11.1 Å². The van der Waals surface area contributed by atoms with E-state index in [0.717, 1.165) is 0 Å². The number of carbonyl (C=O) groups is 1. The topological polar surface area (TPSA) is 88.0 Å². The molecule has 1 aromatic carbocycles. The number of nitrogens with zero attached hydrogens (tertiary/aromatic N) is 1. The Hall–Kier alpha value is -2.89. The molecule has 0 aliphatic carbocycles. The summed E-state index contributed by atoms with van der Waals surface area (Å²) in [6.45, 7) is 0. The number of aromatic amines is 1. The number of fused-ring (bicyclic) bond motifs is 1. The van der Waals surface area contributed by atoms with Crippen LogP contribution in [0, 0.1) is 0 Å². The average molecular weight is 255 g/mol. The van der Waals surface area contributed by atoms with Crippen molar-refractivity contribution in [2.45, 2.75) is 0 Å². The van der Waals surface area contributed by atoms with Crippen molar-refractivity contribution >= 4 is 22.7 Å². The maximum absolute atomic E-state index is 12.0. The van der Waals surface area contributed by atoms with E-state index in [1.165, 1.54) is 6.20 Å². The third-order valence-corrected chi connectivity index (χ3v) is 2.62. The van der Waals surface area contributed by atoms with Crippen LogP contribution in [0.2, 0.25) is 0 Å². The van der Waals surface area contributed by atoms with Crippen molar-refractivity contribution in [1.82, 2.24) is 9.97 Å². The first-order chi connectivity index (χ1) is 9.24. The smallest absolute Gasteiger partial charge is 0.406 e. The van der Waals surface area contributed by atoms with E-state index in [1.807, 2.05) is 0 Å². The van der Waals surface area contributed by atoms with Crippen LogP contribution in [0.4, 0.5) is 5.69 Å². The number of rotatable bonds is 2. The number of oxazole rings is 1. The quantitative estimate of drug-likeness (QED) is 0.730. The molecule has 0 fully saturated rings. The van der Waals surface area contributed by atoms with Crippen LogP contribution in [-0.4, -0.2) is 15.9 Å². The molecule has 0 bridgehead atoms. The summed E-state index contributed by atoms with van der Waals surface area (Å²) in [6, 6.07) is 8.39. The summed E-state index contributed by atoms with van der Waals surface area (Å²) < 4.78 is 4.99. The number of nitrogens with one attached hydrogen (secondary N) is 2. The first-order valence-corrected chi connectivity index (χ1v) is 5.57. The van der Waals surface area contributed by atoms with Gasteiger partial charge in [0.05, 0.1) is 16.8 Å². The first kappa shape index (κ1) is 11.2. The van der Waals surface area contributed by atoms with Gasteiger partial charge in [0.1, 0.15) is 0 Å². The zero-order valence-electron chi connectivity index (χ0n) is 9.71. The molecular formula is C13H9N3O3. The molecule has 2 heterocycles. The van der Waals surface area contributed by atoms with Gasteiger partial charge in [0.25, 0.3) is 5.91 Å². The van der Waals surface area contributed by atoms with Crippen LogP contribution >= 0.6 is 0 Å². The molecule has 2 aromatic heterocycles. The monoisotopic (exact) mass is 255 g/mol. The lowest BCUT2D eigenvalue weighted by Gasteiger charge is -2.04. The molecule has 1 amide bonds. The van der Waals surface area contributed by atoms with E-state index < -0.39 is 5.76 Å². The number of H-pyrrole nitrogens is 1. The van der Waals surface area contributed by atoms with Gasteiger partial charge in [-0.2, -0.15) is 0 Å². The molecule has 0 unspecified atom stereocenters. The largest absolute Gasteiger partial charge is 0.417 e. The van der Waals surface area contributed by atoms with Crippen molar-refractivity contribution in [3.8, 4) is 0 Å². The Balaban J connectivity index is 1.98. The number of pyridine rings is 1. The molecular weight excluding hydrogens is 246 g/mol. The normalized spacial score (nSPS) is 10.5. The molecule has 0 atom stereocenters. The van der Waals surface area contributed by atoms with Gasteiger partial charge in [-0.05, 0) is 24.3 Å². The molecule has 2 N–H and O–H groups in total. The molecule has 0 radical (unpaired) electrons. The number of anilines is 1. The Morgan fingerprint density at radius 3 is 2.95 bits per heavy atom. The van der Waals surface area contributed by atoms with E-state index in [1.54, 1.807) is 36.5 Å². The molecule has 3 rings (SSSR count). The van der Waals surface area contributed by atoms with E-state index in [9.17, 15) is 9.59 Å². The fourth-order valence-electron chi connectivity index (χ4n) is 1.76. The second-order valence-electron chi connectivity index (χ2n) is 3.89. The Labute approximate surface area is 107 Å². The van der Waals surface area contributed by atoms with Crippen LogP contribution in [0.5, 0.6) is 0 Å². The van der Waals surface area contributed by atoms with Gasteiger partial charge in [-0.25, -0.2) is 4.79 Å². The Morgan fingerprint density at radius 2 is 2.16 bits per heavy atom. The Kier molecular flexibility index (Phi) is 2.60. The maximum Gasteiger partial charge on any atom is 0.417 e. The Morgan fingerprint density at radius 1 is 1.26 bits per heavy atom. The van der Waals surface area contributed by atoms with Gasteiger partial charge < -0.3 is 9.73 Å².